The number of amides is 2. The van der Waals surface area contributed by atoms with Crippen LogP contribution in [0, 0.1) is 6.92 Å². The molecule has 3 aromatic rings. The number of primary amides is 1. The standard InChI is InChI=1S/C24H26N4O4S/c1-4-15-5-8-17(9-6-15)28-24-22(14(2)27-28)23(33-13-21(30)26-24)16-7-10-18(19(11-16)31-3)32-12-20(25)29/h5-11,23H,4,12-13H2,1-3H3,(H2,25,29)(H,26,30). The van der Waals surface area contributed by atoms with Crippen molar-refractivity contribution in [2.75, 3.05) is 24.8 Å². The number of fused-ring (bicyclic) bond motifs is 1. The van der Waals surface area contributed by atoms with Crippen molar-refractivity contribution in [1.82, 2.24) is 9.78 Å². The second-order valence-corrected chi connectivity index (χ2v) is 8.78. The average molecular weight is 467 g/mol. The lowest BCUT2D eigenvalue weighted by Gasteiger charge is -2.18. The first-order valence-corrected chi connectivity index (χ1v) is 11.7. The van der Waals surface area contributed by atoms with Crippen molar-refractivity contribution >= 4 is 29.4 Å². The van der Waals surface area contributed by atoms with Crippen LogP contribution in [0.3, 0.4) is 0 Å². The molecular formula is C24H26N4O4S. The molecule has 9 heteroatoms. The quantitative estimate of drug-likeness (QED) is 0.553. The topological polar surface area (TPSA) is 108 Å². The van der Waals surface area contributed by atoms with Gasteiger partial charge in [0, 0.05) is 5.56 Å². The Balaban J connectivity index is 1.77. The molecule has 0 saturated heterocycles. The summed E-state index contributed by atoms with van der Waals surface area (Å²) in [6.07, 6.45) is 0.951. The lowest BCUT2D eigenvalue weighted by Crippen LogP contribution is -2.20. The highest BCUT2D eigenvalue weighted by atomic mass is 32.2. The maximum absolute atomic E-state index is 12.6. The van der Waals surface area contributed by atoms with Gasteiger partial charge in [-0.05, 0) is 48.7 Å². The molecule has 0 bridgehead atoms. The molecule has 1 aromatic heterocycles. The number of nitrogens with one attached hydrogen (secondary N) is 1. The predicted molar refractivity (Wildman–Crippen MR) is 128 cm³/mol. The minimum atomic E-state index is -0.565. The third-order valence-corrected chi connectivity index (χ3v) is 6.73. The Morgan fingerprint density at radius 2 is 2.00 bits per heavy atom. The maximum atomic E-state index is 12.6. The van der Waals surface area contributed by atoms with Crippen LogP contribution >= 0.6 is 11.8 Å². The van der Waals surface area contributed by atoms with Crippen LogP contribution in [0.2, 0.25) is 0 Å². The van der Waals surface area contributed by atoms with E-state index in [0.717, 1.165) is 28.9 Å². The van der Waals surface area contributed by atoms with Crippen molar-refractivity contribution in [1.29, 1.82) is 0 Å². The van der Waals surface area contributed by atoms with Crippen molar-refractivity contribution in [2.24, 2.45) is 5.73 Å². The van der Waals surface area contributed by atoms with Crippen molar-refractivity contribution in [2.45, 2.75) is 25.5 Å². The van der Waals surface area contributed by atoms with Crippen LogP contribution < -0.4 is 20.5 Å². The molecule has 172 valence electrons. The predicted octanol–water partition coefficient (Wildman–Crippen LogP) is 3.39. The fourth-order valence-corrected chi connectivity index (χ4v) is 5.00. The van der Waals surface area contributed by atoms with Crippen LogP contribution in [-0.2, 0) is 16.0 Å². The lowest BCUT2D eigenvalue weighted by molar-refractivity contribution is -0.120. The molecule has 2 heterocycles. The van der Waals surface area contributed by atoms with E-state index in [4.69, 9.17) is 20.3 Å². The minimum Gasteiger partial charge on any atom is -0.493 e. The normalized spacial score (nSPS) is 15.4. The monoisotopic (exact) mass is 466 g/mol. The van der Waals surface area contributed by atoms with Gasteiger partial charge in [0.15, 0.2) is 18.1 Å². The molecule has 33 heavy (non-hydrogen) atoms. The number of carbonyl (C=O) groups is 2. The summed E-state index contributed by atoms with van der Waals surface area (Å²) in [6, 6.07) is 13.7. The fourth-order valence-electron chi connectivity index (χ4n) is 3.82. The number of rotatable bonds is 7. The Kier molecular flexibility index (Phi) is 6.60. The van der Waals surface area contributed by atoms with Gasteiger partial charge in [-0.25, -0.2) is 4.68 Å². The molecule has 0 radical (unpaired) electrons. The Hall–Kier alpha value is -3.46. The van der Waals surface area contributed by atoms with E-state index in [1.165, 1.54) is 24.4 Å². The van der Waals surface area contributed by atoms with Crippen molar-refractivity contribution in [3.63, 3.8) is 0 Å². The zero-order valence-corrected chi connectivity index (χ0v) is 19.6. The number of nitrogens with zero attached hydrogens (tertiary/aromatic N) is 2. The molecule has 0 fully saturated rings. The summed E-state index contributed by atoms with van der Waals surface area (Å²) < 4.78 is 12.7. The zero-order valence-electron chi connectivity index (χ0n) is 18.8. The Bertz CT molecular complexity index is 1190. The summed E-state index contributed by atoms with van der Waals surface area (Å²) in [5.41, 5.74) is 10.0. The third kappa shape index (κ3) is 4.68. The number of ether oxygens (including phenoxy) is 2. The highest BCUT2D eigenvalue weighted by molar-refractivity contribution is 8.00. The van der Waals surface area contributed by atoms with Gasteiger partial charge in [0.05, 0.1) is 29.5 Å². The molecule has 1 atom stereocenters. The highest BCUT2D eigenvalue weighted by Crippen LogP contribution is 2.45. The van der Waals surface area contributed by atoms with Gasteiger partial charge in [-0.15, -0.1) is 11.8 Å². The summed E-state index contributed by atoms with van der Waals surface area (Å²) in [7, 11) is 1.54. The Morgan fingerprint density at radius 1 is 1.24 bits per heavy atom. The molecular weight excluding hydrogens is 440 g/mol. The van der Waals surface area contributed by atoms with Crippen molar-refractivity contribution < 1.29 is 19.1 Å². The summed E-state index contributed by atoms with van der Waals surface area (Å²) in [4.78, 5) is 23.7. The van der Waals surface area contributed by atoms with Gasteiger partial charge in [0.25, 0.3) is 5.91 Å². The van der Waals surface area contributed by atoms with E-state index < -0.39 is 5.91 Å². The molecule has 2 aromatic carbocycles. The summed E-state index contributed by atoms with van der Waals surface area (Å²) in [5, 5.41) is 7.65. The van der Waals surface area contributed by atoms with Gasteiger partial charge in [0.2, 0.25) is 5.91 Å². The molecule has 0 spiro atoms. The van der Waals surface area contributed by atoms with Gasteiger partial charge in [-0.2, -0.15) is 5.10 Å². The molecule has 0 saturated carbocycles. The summed E-state index contributed by atoms with van der Waals surface area (Å²) in [5.74, 6) is 1.24. The minimum absolute atomic E-state index is 0.0801. The van der Waals surface area contributed by atoms with Gasteiger partial charge < -0.3 is 20.5 Å². The van der Waals surface area contributed by atoms with Crippen molar-refractivity contribution in [3.05, 3.63) is 64.8 Å². The number of hydrogen-bond acceptors (Lipinski definition) is 6. The van der Waals surface area contributed by atoms with E-state index in [1.54, 1.807) is 10.7 Å². The molecule has 0 aliphatic carbocycles. The number of nitrogens with two attached hydrogens (primary N) is 1. The molecule has 2 amide bonds. The number of methoxy groups -OCH3 is 1. The number of hydrogen-bond donors (Lipinski definition) is 2. The first kappa shape index (κ1) is 22.7. The molecule has 4 rings (SSSR count). The largest absolute Gasteiger partial charge is 0.493 e. The van der Waals surface area contributed by atoms with Crippen LogP contribution in [0.15, 0.2) is 42.5 Å². The first-order chi connectivity index (χ1) is 15.9. The van der Waals surface area contributed by atoms with Crippen molar-refractivity contribution in [3.8, 4) is 17.2 Å². The van der Waals surface area contributed by atoms with E-state index in [0.29, 0.717) is 23.1 Å². The Morgan fingerprint density at radius 3 is 2.67 bits per heavy atom. The van der Waals surface area contributed by atoms with E-state index in [2.05, 4.69) is 24.4 Å². The molecule has 3 N–H and O–H groups in total. The van der Waals surface area contributed by atoms with E-state index in [-0.39, 0.29) is 17.8 Å². The maximum Gasteiger partial charge on any atom is 0.255 e. The third-order valence-electron chi connectivity index (χ3n) is 5.46. The van der Waals surface area contributed by atoms with Crippen LogP contribution in [-0.4, -0.2) is 41.1 Å². The molecule has 1 aliphatic rings. The molecule has 1 unspecified atom stereocenters. The molecule has 8 nitrogen and oxygen atoms in total. The van der Waals surface area contributed by atoms with Crippen LogP contribution in [0.4, 0.5) is 5.82 Å². The van der Waals surface area contributed by atoms with Crippen LogP contribution in [0.25, 0.3) is 5.69 Å². The summed E-state index contributed by atoms with van der Waals surface area (Å²) in [6.45, 7) is 3.82. The van der Waals surface area contributed by atoms with Gasteiger partial charge in [-0.3, -0.25) is 9.59 Å². The second kappa shape index (κ2) is 9.58. The number of aromatic nitrogens is 2. The molecule has 1 aliphatic heterocycles. The highest BCUT2D eigenvalue weighted by Gasteiger charge is 2.31. The van der Waals surface area contributed by atoms with E-state index in [1.807, 2.05) is 31.2 Å². The lowest BCUT2D eigenvalue weighted by atomic mass is 10.0. The fraction of sp³-hybridized carbons (Fsp3) is 0.292. The van der Waals surface area contributed by atoms with Gasteiger partial charge in [-0.1, -0.05) is 25.1 Å². The number of thioether (sulfide) groups is 1. The Labute approximate surface area is 196 Å². The average Bonchev–Trinajstić information content (AvgIpc) is 3.02. The van der Waals surface area contributed by atoms with Gasteiger partial charge >= 0.3 is 0 Å². The SMILES string of the molecule is CCc1ccc(-n2nc(C)c3c2NC(=O)CSC3c2ccc(OCC(N)=O)c(OC)c2)cc1. The zero-order chi connectivity index (χ0) is 23.5. The van der Waals surface area contributed by atoms with Crippen LogP contribution in [0.1, 0.15) is 34.6 Å². The van der Waals surface area contributed by atoms with E-state index in [9.17, 15) is 9.59 Å². The number of benzene rings is 2. The van der Waals surface area contributed by atoms with Gasteiger partial charge in [0.1, 0.15) is 5.82 Å². The second-order valence-electron chi connectivity index (χ2n) is 7.68. The first-order valence-electron chi connectivity index (χ1n) is 10.6. The summed E-state index contributed by atoms with van der Waals surface area (Å²) >= 11 is 1.52. The van der Waals surface area contributed by atoms with Crippen LogP contribution in [0.5, 0.6) is 11.5 Å². The number of anilines is 1. The van der Waals surface area contributed by atoms with E-state index >= 15 is 0 Å². The smallest absolute Gasteiger partial charge is 0.255 e. The number of carbonyl (C=O) groups excluding carboxylic acids is 2. The number of aryl methyl sites for hydroxylation is 2.